The van der Waals surface area contributed by atoms with Gasteiger partial charge in [-0.3, -0.25) is 4.90 Å². The Labute approximate surface area is 67.5 Å². The second-order valence-electron chi connectivity index (χ2n) is 4.19. The Bertz CT molecular complexity index is 180. The summed E-state index contributed by atoms with van der Waals surface area (Å²) in [6.45, 7) is 9.23. The predicted octanol–water partition coefficient (Wildman–Crippen LogP) is 0.725. The molecule has 0 N–H and O–H groups in total. The van der Waals surface area contributed by atoms with Gasteiger partial charge in [0.15, 0.2) is 0 Å². The van der Waals surface area contributed by atoms with Crippen molar-refractivity contribution in [2.24, 2.45) is 11.8 Å². The number of rotatable bonds is 0. The maximum absolute atomic E-state index is 4.15. The minimum Gasteiger partial charge on any atom is -0.362 e. The van der Waals surface area contributed by atoms with Gasteiger partial charge in [0, 0.05) is 31.2 Å². The fraction of sp³-hybridized carbons (Fsp3) is 0.778. The minimum atomic E-state index is 0.802. The van der Waals surface area contributed by atoms with E-state index in [1.165, 1.54) is 31.8 Å². The summed E-state index contributed by atoms with van der Waals surface area (Å²) in [5.74, 6) is 1.75. The molecule has 4 saturated heterocycles. The van der Waals surface area contributed by atoms with E-state index in [2.05, 4.69) is 16.4 Å². The molecular formula is C9H14N2. The first-order valence-corrected chi connectivity index (χ1v) is 4.49. The first-order chi connectivity index (χ1) is 5.33. The van der Waals surface area contributed by atoms with Gasteiger partial charge >= 0.3 is 0 Å². The van der Waals surface area contributed by atoms with Crippen LogP contribution in [0.2, 0.25) is 0 Å². The van der Waals surface area contributed by atoms with Crippen LogP contribution < -0.4 is 0 Å². The van der Waals surface area contributed by atoms with E-state index in [0.717, 1.165) is 18.5 Å². The quantitative estimate of drug-likeness (QED) is 0.502. The highest BCUT2D eigenvalue weighted by molar-refractivity contribution is 5.11. The topological polar surface area (TPSA) is 6.48 Å². The zero-order chi connectivity index (χ0) is 7.42. The van der Waals surface area contributed by atoms with Gasteiger partial charge in [-0.15, -0.1) is 0 Å². The van der Waals surface area contributed by atoms with Gasteiger partial charge in [0.25, 0.3) is 0 Å². The molecule has 0 spiro atoms. The van der Waals surface area contributed by atoms with E-state index in [-0.39, 0.29) is 0 Å². The summed E-state index contributed by atoms with van der Waals surface area (Å²) in [4.78, 5) is 5.03. The number of nitrogens with zero attached hydrogens (tertiary/aromatic N) is 2. The predicted molar refractivity (Wildman–Crippen MR) is 43.9 cm³/mol. The second-order valence-corrected chi connectivity index (χ2v) is 4.19. The van der Waals surface area contributed by atoms with Crippen LogP contribution in [-0.4, -0.2) is 36.1 Å². The maximum atomic E-state index is 4.15. The number of hydrogen-bond donors (Lipinski definition) is 0. The lowest BCUT2D eigenvalue weighted by Gasteiger charge is -2.55. The largest absolute Gasteiger partial charge is 0.362 e. The Hall–Kier alpha value is -0.500. The molecule has 0 amide bonds. The monoisotopic (exact) mass is 150 g/mol. The number of hydrogen-bond acceptors (Lipinski definition) is 2. The zero-order valence-electron chi connectivity index (χ0n) is 6.79. The van der Waals surface area contributed by atoms with Gasteiger partial charge in [-0.1, -0.05) is 6.58 Å². The van der Waals surface area contributed by atoms with Crippen LogP contribution >= 0.6 is 0 Å². The summed E-state index contributed by atoms with van der Waals surface area (Å²) in [5, 5.41) is 0. The Balaban J connectivity index is 1.96. The molecule has 4 aliphatic rings. The molecule has 4 rings (SSSR count). The molecule has 4 aliphatic heterocycles. The third-order valence-electron chi connectivity index (χ3n) is 3.34. The van der Waals surface area contributed by atoms with Crippen LogP contribution in [0.3, 0.4) is 0 Å². The molecule has 0 aromatic rings. The third-order valence-corrected chi connectivity index (χ3v) is 3.34. The average Bonchev–Trinajstić information content (AvgIpc) is 1.98. The van der Waals surface area contributed by atoms with Crippen molar-refractivity contribution in [3.8, 4) is 0 Å². The van der Waals surface area contributed by atoms with E-state index < -0.39 is 0 Å². The summed E-state index contributed by atoms with van der Waals surface area (Å²) in [6.07, 6.45) is 1.41. The van der Waals surface area contributed by atoms with Gasteiger partial charge in [-0.25, -0.2) is 0 Å². The van der Waals surface area contributed by atoms with Gasteiger partial charge in [-0.05, 0) is 12.3 Å². The molecule has 4 heterocycles. The summed E-state index contributed by atoms with van der Waals surface area (Å²) in [5.41, 5.74) is 1.41. The van der Waals surface area contributed by atoms with Crippen LogP contribution in [0.5, 0.6) is 0 Å². The van der Waals surface area contributed by atoms with Gasteiger partial charge in [-0.2, -0.15) is 0 Å². The third kappa shape index (κ3) is 0.707. The highest BCUT2D eigenvalue weighted by Crippen LogP contribution is 2.38. The highest BCUT2D eigenvalue weighted by Gasteiger charge is 2.41. The summed E-state index contributed by atoms with van der Waals surface area (Å²) < 4.78 is 0. The van der Waals surface area contributed by atoms with Crippen LogP contribution in [0, 0.1) is 11.8 Å². The van der Waals surface area contributed by atoms with Crippen molar-refractivity contribution in [3.63, 3.8) is 0 Å². The van der Waals surface area contributed by atoms with Crippen LogP contribution in [0.15, 0.2) is 12.3 Å². The first-order valence-electron chi connectivity index (χ1n) is 4.49. The smallest absolute Gasteiger partial charge is 0.0704 e. The minimum absolute atomic E-state index is 0.802. The van der Waals surface area contributed by atoms with Crippen LogP contribution in [0.25, 0.3) is 0 Å². The summed E-state index contributed by atoms with van der Waals surface area (Å²) in [7, 11) is 0. The maximum Gasteiger partial charge on any atom is 0.0704 e. The van der Waals surface area contributed by atoms with Crippen molar-refractivity contribution in [3.05, 3.63) is 12.3 Å². The zero-order valence-corrected chi connectivity index (χ0v) is 6.79. The molecule has 2 nitrogen and oxygen atoms in total. The van der Waals surface area contributed by atoms with Gasteiger partial charge in [0.05, 0.1) is 6.67 Å². The van der Waals surface area contributed by atoms with Crippen molar-refractivity contribution < 1.29 is 0 Å². The Morgan fingerprint density at radius 1 is 1.27 bits per heavy atom. The molecule has 0 aromatic heterocycles. The lowest BCUT2D eigenvalue weighted by atomic mass is 9.81. The molecule has 4 fully saturated rings. The molecule has 3 unspecified atom stereocenters. The molecule has 3 atom stereocenters. The molecule has 4 bridgehead atoms. The van der Waals surface area contributed by atoms with Crippen molar-refractivity contribution in [2.45, 2.75) is 6.42 Å². The van der Waals surface area contributed by atoms with Crippen molar-refractivity contribution in [1.82, 2.24) is 9.80 Å². The summed E-state index contributed by atoms with van der Waals surface area (Å²) >= 11 is 0. The molecule has 0 aromatic carbocycles. The van der Waals surface area contributed by atoms with E-state index in [0.29, 0.717) is 0 Å². The Morgan fingerprint density at radius 2 is 2.18 bits per heavy atom. The highest BCUT2D eigenvalue weighted by atomic mass is 15.4. The lowest BCUT2D eigenvalue weighted by molar-refractivity contribution is -0.0349. The fourth-order valence-corrected chi connectivity index (χ4v) is 2.87. The molecule has 0 aliphatic carbocycles. The standard InChI is InChI=1S/C9H14N2/c1-7-9-2-8-3-10(5-9)6-11(7)4-8/h8-9H,1-6H2. The van der Waals surface area contributed by atoms with E-state index in [9.17, 15) is 0 Å². The number of piperidine rings is 2. The van der Waals surface area contributed by atoms with Crippen molar-refractivity contribution >= 4 is 0 Å². The Kier molecular flexibility index (Phi) is 0.995. The van der Waals surface area contributed by atoms with Crippen molar-refractivity contribution in [1.29, 1.82) is 0 Å². The van der Waals surface area contributed by atoms with Gasteiger partial charge < -0.3 is 4.90 Å². The van der Waals surface area contributed by atoms with Crippen molar-refractivity contribution in [2.75, 3.05) is 26.3 Å². The summed E-state index contributed by atoms with van der Waals surface area (Å²) in [6, 6.07) is 0. The average molecular weight is 150 g/mol. The molecule has 11 heavy (non-hydrogen) atoms. The van der Waals surface area contributed by atoms with E-state index >= 15 is 0 Å². The fourth-order valence-electron chi connectivity index (χ4n) is 2.87. The SMILES string of the molecule is C=C1C2CC3CN(C2)CN1C3. The molecule has 0 radical (unpaired) electrons. The Morgan fingerprint density at radius 3 is 2.91 bits per heavy atom. The van der Waals surface area contributed by atoms with Crippen LogP contribution in [0.4, 0.5) is 0 Å². The van der Waals surface area contributed by atoms with Crippen LogP contribution in [0.1, 0.15) is 6.42 Å². The normalized spacial score (nSPS) is 47.1. The van der Waals surface area contributed by atoms with E-state index in [1.807, 2.05) is 0 Å². The van der Waals surface area contributed by atoms with E-state index in [4.69, 9.17) is 0 Å². The molecule has 60 valence electrons. The lowest BCUT2D eigenvalue weighted by Crippen LogP contribution is -2.60. The van der Waals surface area contributed by atoms with Gasteiger partial charge in [0.2, 0.25) is 0 Å². The second kappa shape index (κ2) is 1.81. The first kappa shape index (κ1) is 6.06. The van der Waals surface area contributed by atoms with Gasteiger partial charge in [0.1, 0.15) is 0 Å². The molecular weight excluding hydrogens is 136 g/mol. The van der Waals surface area contributed by atoms with E-state index in [1.54, 1.807) is 0 Å². The molecule has 0 saturated carbocycles. The molecule has 2 heteroatoms. The van der Waals surface area contributed by atoms with Crippen LogP contribution in [-0.2, 0) is 0 Å².